The quantitative estimate of drug-likeness (QED) is 0.761. The third-order valence-electron chi connectivity index (χ3n) is 3.74. The van der Waals surface area contributed by atoms with Gasteiger partial charge in [0.25, 0.3) is 0 Å². The Kier molecular flexibility index (Phi) is 3.76. The van der Waals surface area contributed by atoms with Crippen LogP contribution in [0.2, 0.25) is 0 Å². The van der Waals surface area contributed by atoms with Gasteiger partial charge in [-0.15, -0.1) is 11.3 Å². The second-order valence-electron chi connectivity index (χ2n) is 5.11. The fourth-order valence-electron chi connectivity index (χ4n) is 2.45. The first-order chi connectivity index (χ1) is 10.2. The van der Waals surface area contributed by atoms with Crippen LogP contribution in [0, 0.1) is 0 Å². The fraction of sp³-hybridized carbons (Fsp3) is 0.167. The molecule has 2 nitrogen and oxygen atoms in total. The van der Waals surface area contributed by atoms with Crippen LogP contribution >= 0.6 is 11.3 Å². The minimum atomic E-state index is -0.135. The van der Waals surface area contributed by atoms with Crippen molar-refractivity contribution in [3.05, 3.63) is 60.2 Å². The van der Waals surface area contributed by atoms with Gasteiger partial charge >= 0.3 is 0 Å². The van der Waals surface area contributed by atoms with Crippen LogP contribution in [0.15, 0.2) is 54.6 Å². The minimum absolute atomic E-state index is 0.0449. The van der Waals surface area contributed by atoms with Crippen LogP contribution in [-0.2, 0) is 4.79 Å². The van der Waals surface area contributed by atoms with E-state index >= 15 is 0 Å². The van der Waals surface area contributed by atoms with Crippen LogP contribution in [0.4, 0.5) is 0 Å². The molecule has 1 aromatic heterocycles. The van der Waals surface area contributed by atoms with Crippen molar-refractivity contribution in [3.63, 3.8) is 0 Å². The summed E-state index contributed by atoms with van der Waals surface area (Å²) >= 11 is 1.78. The van der Waals surface area contributed by atoms with Crippen molar-refractivity contribution in [1.29, 1.82) is 0 Å². The number of thiophene rings is 1. The van der Waals surface area contributed by atoms with Crippen molar-refractivity contribution in [2.45, 2.75) is 12.8 Å². The Morgan fingerprint density at radius 1 is 1.10 bits per heavy atom. The van der Waals surface area contributed by atoms with Crippen molar-refractivity contribution < 1.29 is 4.79 Å². The first-order valence-corrected chi connectivity index (χ1v) is 7.81. The molecule has 1 N–H and O–H groups in total. The Morgan fingerprint density at radius 2 is 1.90 bits per heavy atom. The summed E-state index contributed by atoms with van der Waals surface area (Å²) in [5.41, 5.74) is 2.22. The zero-order valence-electron chi connectivity index (χ0n) is 12.1. The number of benzene rings is 2. The van der Waals surface area contributed by atoms with Crippen molar-refractivity contribution in [2.24, 2.45) is 0 Å². The average Bonchev–Trinajstić information content (AvgIpc) is 2.97. The molecule has 1 atom stereocenters. The van der Waals surface area contributed by atoms with Gasteiger partial charge in [-0.3, -0.25) is 4.79 Å². The molecular weight excluding hydrogens is 278 g/mol. The molecule has 3 rings (SSSR count). The number of nitrogens with one attached hydrogen (secondary N) is 1. The molecule has 1 amide bonds. The molecule has 0 aliphatic carbocycles. The van der Waals surface area contributed by atoms with E-state index in [1.807, 2.05) is 19.1 Å². The van der Waals surface area contributed by atoms with E-state index in [1.165, 1.54) is 20.5 Å². The SMILES string of the molecule is CNC(=O)C(C)c1cccc(-c2cc3ccccc3s2)c1. The predicted molar refractivity (Wildman–Crippen MR) is 89.7 cm³/mol. The van der Waals surface area contributed by atoms with Gasteiger partial charge in [0.05, 0.1) is 5.92 Å². The number of carbonyl (C=O) groups is 1. The Hall–Kier alpha value is -2.13. The zero-order chi connectivity index (χ0) is 14.8. The molecule has 106 valence electrons. The minimum Gasteiger partial charge on any atom is -0.359 e. The summed E-state index contributed by atoms with van der Waals surface area (Å²) in [4.78, 5) is 13.0. The van der Waals surface area contributed by atoms with E-state index in [0.29, 0.717) is 0 Å². The number of rotatable bonds is 3. The molecule has 0 radical (unpaired) electrons. The summed E-state index contributed by atoms with van der Waals surface area (Å²) in [5.74, 6) is -0.0900. The maximum atomic E-state index is 11.8. The van der Waals surface area contributed by atoms with Gasteiger partial charge in [-0.05, 0) is 41.6 Å². The fourth-order valence-corrected chi connectivity index (χ4v) is 3.51. The Morgan fingerprint density at radius 3 is 2.67 bits per heavy atom. The van der Waals surface area contributed by atoms with Crippen LogP contribution in [-0.4, -0.2) is 13.0 Å². The molecule has 3 heteroatoms. The predicted octanol–water partition coefficient (Wildman–Crippen LogP) is 4.42. The highest BCUT2D eigenvalue weighted by Crippen LogP contribution is 2.34. The van der Waals surface area contributed by atoms with Crippen LogP contribution in [0.1, 0.15) is 18.4 Å². The summed E-state index contributed by atoms with van der Waals surface area (Å²) in [7, 11) is 1.68. The van der Waals surface area contributed by atoms with Gasteiger partial charge in [-0.1, -0.05) is 36.4 Å². The zero-order valence-corrected chi connectivity index (χ0v) is 12.9. The van der Waals surface area contributed by atoms with Crippen LogP contribution < -0.4 is 5.32 Å². The van der Waals surface area contributed by atoms with Gasteiger partial charge in [0.1, 0.15) is 0 Å². The maximum Gasteiger partial charge on any atom is 0.227 e. The molecule has 1 unspecified atom stereocenters. The lowest BCUT2D eigenvalue weighted by molar-refractivity contribution is -0.121. The Bertz CT molecular complexity index is 758. The van der Waals surface area contributed by atoms with Crippen molar-refractivity contribution in [3.8, 4) is 10.4 Å². The number of amides is 1. The number of likely N-dealkylation sites (N-methyl/N-ethyl adjacent to an activating group) is 1. The van der Waals surface area contributed by atoms with Crippen molar-refractivity contribution in [1.82, 2.24) is 5.32 Å². The van der Waals surface area contributed by atoms with Crippen molar-refractivity contribution >= 4 is 27.3 Å². The Labute approximate surface area is 128 Å². The van der Waals surface area contributed by atoms with Gasteiger partial charge in [0, 0.05) is 16.6 Å². The topological polar surface area (TPSA) is 29.1 Å². The number of hydrogen-bond donors (Lipinski definition) is 1. The second kappa shape index (κ2) is 5.70. The van der Waals surface area contributed by atoms with E-state index in [2.05, 4.69) is 47.8 Å². The van der Waals surface area contributed by atoms with Gasteiger partial charge < -0.3 is 5.32 Å². The molecule has 0 fully saturated rings. The normalized spacial score (nSPS) is 12.3. The molecule has 0 aliphatic heterocycles. The summed E-state index contributed by atoms with van der Waals surface area (Å²) in [6.45, 7) is 1.93. The largest absolute Gasteiger partial charge is 0.359 e. The van der Waals surface area contributed by atoms with Crippen LogP contribution in [0.25, 0.3) is 20.5 Å². The number of carbonyl (C=O) groups excluding carboxylic acids is 1. The van der Waals surface area contributed by atoms with E-state index in [9.17, 15) is 4.79 Å². The number of fused-ring (bicyclic) bond motifs is 1. The highest BCUT2D eigenvalue weighted by atomic mass is 32.1. The summed E-state index contributed by atoms with van der Waals surface area (Å²) < 4.78 is 1.29. The first kappa shape index (κ1) is 13.8. The monoisotopic (exact) mass is 295 g/mol. The molecular formula is C18H17NOS. The number of hydrogen-bond acceptors (Lipinski definition) is 2. The van der Waals surface area contributed by atoms with Gasteiger partial charge in [0.2, 0.25) is 5.91 Å². The van der Waals surface area contributed by atoms with E-state index in [1.54, 1.807) is 18.4 Å². The lowest BCUT2D eigenvalue weighted by Crippen LogP contribution is -2.23. The van der Waals surface area contributed by atoms with Gasteiger partial charge in [-0.2, -0.15) is 0 Å². The molecule has 0 saturated heterocycles. The maximum absolute atomic E-state index is 11.8. The van der Waals surface area contributed by atoms with Crippen LogP contribution in [0.3, 0.4) is 0 Å². The lowest BCUT2D eigenvalue weighted by Gasteiger charge is -2.11. The Balaban J connectivity index is 2.01. The van der Waals surface area contributed by atoms with E-state index in [-0.39, 0.29) is 11.8 Å². The van der Waals surface area contributed by atoms with E-state index in [0.717, 1.165) is 5.56 Å². The first-order valence-electron chi connectivity index (χ1n) is 6.99. The third-order valence-corrected chi connectivity index (χ3v) is 4.90. The molecule has 0 saturated carbocycles. The third kappa shape index (κ3) is 2.69. The summed E-state index contributed by atoms with van der Waals surface area (Å²) in [6.07, 6.45) is 0. The van der Waals surface area contributed by atoms with E-state index < -0.39 is 0 Å². The highest BCUT2D eigenvalue weighted by molar-refractivity contribution is 7.22. The summed E-state index contributed by atoms with van der Waals surface area (Å²) in [6, 6.07) is 18.9. The highest BCUT2D eigenvalue weighted by Gasteiger charge is 2.14. The molecule has 21 heavy (non-hydrogen) atoms. The lowest BCUT2D eigenvalue weighted by atomic mass is 9.98. The van der Waals surface area contributed by atoms with E-state index in [4.69, 9.17) is 0 Å². The van der Waals surface area contributed by atoms with Gasteiger partial charge in [0.15, 0.2) is 0 Å². The molecule has 1 heterocycles. The molecule has 0 bridgehead atoms. The van der Waals surface area contributed by atoms with Crippen molar-refractivity contribution in [2.75, 3.05) is 7.05 Å². The second-order valence-corrected chi connectivity index (χ2v) is 6.19. The molecule has 0 spiro atoms. The molecule has 0 aliphatic rings. The summed E-state index contributed by atoms with van der Waals surface area (Å²) in [5, 5.41) is 3.97. The van der Waals surface area contributed by atoms with Crippen LogP contribution in [0.5, 0.6) is 0 Å². The average molecular weight is 295 g/mol. The van der Waals surface area contributed by atoms with Gasteiger partial charge in [-0.25, -0.2) is 0 Å². The standard InChI is InChI=1S/C18H17NOS/c1-12(18(20)19-2)13-7-5-8-14(10-13)17-11-15-6-3-4-9-16(15)21-17/h3-12H,1-2H3,(H,19,20). The molecule has 2 aromatic carbocycles. The smallest absolute Gasteiger partial charge is 0.227 e. The molecule has 3 aromatic rings.